The van der Waals surface area contributed by atoms with E-state index < -0.39 is 5.60 Å². The number of carbonyl (C=O) groups is 1. The normalized spacial score (nSPS) is 24.4. The minimum absolute atomic E-state index is 0.0234. The van der Waals surface area contributed by atoms with Crippen LogP contribution >= 0.6 is 0 Å². The summed E-state index contributed by atoms with van der Waals surface area (Å²) in [5.41, 5.74) is -0.667. The van der Waals surface area contributed by atoms with Gasteiger partial charge in [-0.3, -0.25) is 4.79 Å². The van der Waals surface area contributed by atoms with Crippen molar-refractivity contribution in [3.63, 3.8) is 0 Å². The van der Waals surface area contributed by atoms with Crippen molar-refractivity contribution in [3.8, 4) is 6.07 Å². The third-order valence-electron chi connectivity index (χ3n) is 3.02. The van der Waals surface area contributed by atoms with E-state index in [9.17, 15) is 4.79 Å². The second-order valence-corrected chi connectivity index (χ2v) is 4.68. The van der Waals surface area contributed by atoms with Crippen LogP contribution < -0.4 is 0 Å². The van der Waals surface area contributed by atoms with Gasteiger partial charge in [-0.1, -0.05) is 0 Å². The van der Waals surface area contributed by atoms with Gasteiger partial charge in [0.2, 0.25) is 0 Å². The van der Waals surface area contributed by atoms with Crippen molar-refractivity contribution < 1.29 is 9.53 Å². The van der Waals surface area contributed by atoms with Crippen LogP contribution in [0.1, 0.15) is 40.0 Å². The van der Waals surface area contributed by atoms with Crippen molar-refractivity contribution in [3.05, 3.63) is 0 Å². The van der Waals surface area contributed by atoms with E-state index in [0.29, 0.717) is 19.6 Å². The Hall–Kier alpha value is -1.08. The molecule has 1 fully saturated rings. The van der Waals surface area contributed by atoms with Gasteiger partial charge in [0.1, 0.15) is 5.60 Å². The van der Waals surface area contributed by atoms with Gasteiger partial charge in [0.05, 0.1) is 12.5 Å². The summed E-state index contributed by atoms with van der Waals surface area (Å²) >= 11 is 0. The van der Waals surface area contributed by atoms with Gasteiger partial charge < -0.3 is 9.64 Å². The summed E-state index contributed by atoms with van der Waals surface area (Å²) in [6.45, 7) is 6.93. The lowest BCUT2D eigenvalue weighted by Gasteiger charge is -2.33. The van der Waals surface area contributed by atoms with Crippen molar-refractivity contribution in [1.29, 1.82) is 5.26 Å². The summed E-state index contributed by atoms with van der Waals surface area (Å²) < 4.78 is 5.54. The molecule has 0 spiro atoms. The van der Waals surface area contributed by atoms with E-state index in [0.717, 1.165) is 12.8 Å². The second kappa shape index (κ2) is 5.31. The molecule has 16 heavy (non-hydrogen) atoms. The molecule has 90 valence electrons. The van der Waals surface area contributed by atoms with E-state index >= 15 is 0 Å². The van der Waals surface area contributed by atoms with Gasteiger partial charge in [0, 0.05) is 19.2 Å². The third-order valence-corrected chi connectivity index (χ3v) is 3.02. The molecular weight excluding hydrogens is 204 g/mol. The fourth-order valence-electron chi connectivity index (χ4n) is 2.02. The number of hydrogen-bond donors (Lipinski definition) is 0. The third kappa shape index (κ3) is 2.73. The summed E-state index contributed by atoms with van der Waals surface area (Å²) in [5.74, 6) is 0.0234. The average molecular weight is 224 g/mol. The first-order valence-electron chi connectivity index (χ1n) is 5.83. The number of carbonyl (C=O) groups excluding carboxylic acids is 1. The van der Waals surface area contributed by atoms with E-state index in [2.05, 4.69) is 6.07 Å². The number of amides is 1. The first-order chi connectivity index (χ1) is 7.51. The Bertz CT molecular complexity index is 288. The number of hydrogen-bond acceptors (Lipinski definition) is 3. The smallest absolute Gasteiger partial charge is 0.254 e. The molecule has 1 rings (SSSR count). The first-order valence-corrected chi connectivity index (χ1v) is 5.83. The van der Waals surface area contributed by atoms with E-state index in [1.54, 1.807) is 4.90 Å². The lowest BCUT2D eigenvalue weighted by Crippen LogP contribution is -2.49. The van der Waals surface area contributed by atoms with Crippen LogP contribution in [0.25, 0.3) is 0 Å². The summed E-state index contributed by atoms with van der Waals surface area (Å²) in [6.07, 6.45) is 2.09. The van der Waals surface area contributed by atoms with Gasteiger partial charge in [-0.25, -0.2) is 0 Å². The number of nitriles is 1. The second-order valence-electron chi connectivity index (χ2n) is 4.68. The monoisotopic (exact) mass is 224 g/mol. The Morgan fingerprint density at radius 2 is 2.31 bits per heavy atom. The van der Waals surface area contributed by atoms with Gasteiger partial charge in [-0.2, -0.15) is 5.26 Å². The molecule has 4 heteroatoms. The molecule has 1 saturated heterocycles. The van der Waals surface area contributed by atoms with Crippen LogP contribution in [-0.4, -0.2) is 35.6 Å². The van der Waals surface area contributed by atoms with Gasteiger partial charge in [0.25, 0.3) is 5.91 Å². The standard InChI is InChI=1S/C12H20N2O2/c1-10(2)14(8-5-7-13)11(15)12(3)6-4-9-16-12/h10H,4-6,8-9H2,1-3H3. The van der Waals surface area contributed by atoms with E-state index in [1.807, 2.05) is 20.8 Å². The highest BCUT2D eigenvalue weighted by Gasteiger charge is 2.41. The highest BCUT2D eigenvalue weighted by atomic mass is 16.5. The number of rotatable bonds is 4. The Labute approximate surface area is 97.2 Å². The van der Waals surface area contributed by atoms with Gasteiger partial charge in [-0.05, 0) is 33.6 Å². The van der Waals surface area contributed by atoms with Crippen molar-refractivity contribution in [2.45, 2.75) is 51.7 Å². The Morgan fingerprint density at radius 1 is 1.62 bits per heavy atom. The lowest BCUT2D eigenvalue weighted by molar-refractivity contribution is -0.152. The van der Waals surface area contributed by atoms with Gasteiger partial charge >= 0.3 is 0 Å². The maximum absolute atomic E-state index is 12.3. The first kappa shape index (κ1) is 13.0. The maximum Gasteiger partial charge on any atom is 0.254 e. The molecule has 0 bridgehead atoms. The van der Waals surface area contributed by atoms with Crippen LogP contribution in [0.5, 0.6) is 0 Å². The fraction of sp³-hybridized carbons (Fsp3) is 0.833. The van der Waals surface area contributed by atoms with E-state index in [4.69, 9.17) is 10.00 Å². The molecule has 0 aliphatic carbocycles. The zero-order valence-corrected chi connectivity index (χ0v) is 10.3. The molecule has 1 amide bonds. The topological polar surface area (TPSA) is 53.3 Å². The highest BCUT2D eigenvalue weighted by Crippen LogP contribution is 2.28. The molecule has 4 nitrogen and oxygen atoms in total. The molecule has 0 aromatic heterocycles. The minimum Gasteiger partial charge on any atom is -0.365 e. The highest BCUT2D eigenvalue weighted by molar-refractivity contribution is 5.85. The van der Waals surface area contributed by atoms with Gasteiger partial charge in [0.15, 0.2) is 0 Å². The van der Waals surface area contributed by atoms with Crippen LogP contribution in [0.3, 0.4) is 0 Å². The number of nitrogens with zero attached hydrogens (tertiary/aromatic N) is 2. The molecule has 1 atom stereocenters. The van der Waals surface area contributed by atoms with Crippen LogP contribution in [0, 0.1) is 11.3 Å². The average Bonchev–Trinajstić information content (AvgIpc) is 2.66. The predicted molar refractivity (Wildman–Crippen MR) is 60.7 cm³/mol. The van der Waals surface area contributed by atoms with Crippen LogP contribution in [0.2, 0.25) is 0 Å². The van der Waals surface area contributed by atoms with Crippen LogP contribution in [-0.2, 0) is 9.53 Å². The molecule has 0 aromatic rings. The summed E-state index contributed by atoms with van der Waals surface area (Å²) in [7, 11) is 0. The summed E-state index contributed by atoms with van der Waals surface area (Å²) in [4.78, 5) is 14.1. The zero-order valence-electron chi connectivity index (χ0n) is 10.3. The molecule has 0 aromatic carbocycles. The maximum atomic E-state index is 12.3. The van der Waals surface area contributed by atoms with E-state index in [-0.39, 0.29) is 11.9 Å². The SMILES string of the molecule is CC(C)N(CCC#N)C(=O)C1(C)CCCO1. The molecule has 1 heterocycles. The molecule has 1 aliphatic rings. The summed E-state index contributed by atoms with van der Waals surface area (Å²) in [5, 5.41) is 8.59. The molecule has 0 saturated carbocycles. The predicted octanol–water partition coefficient (Wildman–Crippen LogP) is 1.71. The number of ether oxygens (including phenoxy) is 1. The van der Waals surface area contributed by atoms with Crippen molar-refractivity contribution >= 4 is 5.91 Å². The van der Waals surface area contributed by atoms with Crippen LogP contribution in [0.15, 0.2) is 0 Å². The van der Waals surface area contributed by atoms with Crippen LogP contribution in [0.4, 0.5) is 0 Å². The quantitative estimate of drug-likeness (QED) is 0.730. The minimum atomic E-state index is -0.667. The van der Waals surface area contributed by atoms with Crippen molar-refractivity contribution in [2.75, 3.05) is 13.2 Å². The molecule has 0 radical (unpaired) electrons. The van der Waals surface area contributed by atoms with Crippen molar-refractivity contribution in [1.82, 2.24) is 4.90 Å². The summed E-state index contributed by atoms with van der Waals surface area (Å²) in [6, 6.07) is 2.19. The Balaban J connectivity index is 2.70. The zero-order chi connectivity index (χ0) is 12.2. The Kier molecular flexibility index (Phi) is 4.31. The molecule has 0 N–H and O–H groups in total. The molecular formula is C12H20N2O2. The Morgan fingerprint density at radius 3 is 2.75 bits per heavy atom. The van der Waals surface area contributed by atoms with E-state index in [1.165, 1.54) is 0 Å². The largest absolute Gasteiger partial charge is 0.365 e. The van der Waals surface area contributed by atoms with Gasteiger partial charge in [-0.15, -0.1) is 0 Å². The molecule has 1 aliphatic heterocycles. The van der Waals surface area contributed by atoms with Crippen molar-refractivity contribution in [2.24, 2.45) is 0 Å². The lowest BCUT2D eigenvalue weighted by atomic mass is 10.00. The fourth-order valence-corrected chi connectivity index (χ4v) is 2.02. The molecule has 1 unspecified atom stereocenters.